The molecule has 1 saturated carbocycles. The summed E-state index contributed by atoms with van der Waals surface area (Å²) in [6, 6.07) is 18.2. The van der Waals surface area contributed by atoms with E-state index in [0.717, 1.165) is 24.0 Å². The molecular weight excluding hydrogens is 324 g/mol. The summed E-state index contributed by atoms with van der Waals surface area (Å²) in [5.41, 5.74) is 3.56. The summed E-state index contributed by atoms with van der Waals surface area (Å²) in [5.74, 6) is -0.344. The fraction of sp³-hybridized carbons (Fsp3) is 0.364. The zero-order chi connectivity index (χ0) is 18.4. The Morgan fingerprint density at radius 1 is 0.923 bits per heavy atom. The Kier molecular flexibility index (Phi) is 6.05. The average molecular weight is 350 g/mol. The highest BCUT2D eigenvalue weighted by Gasteiger charge is 2.47. The molecule has 2 N–H and O–H groups in total. The van der Waals surface area contributed by atoms with Crippen LogP contribution in [0, 0.1) is 18.8 Å². The second-order valence-electron chi connectivity index (χ2n) is 6.97. The van der Waals surface area contributed by atoms with Gasteiger partial charge in [-0.05, 0) is 42.9 Å². The lowest BCUT2D eigenvalue weighted by Gasteiger charge is -2.08. The lowest BCUT2D eigenvalue weighted by atomic mass is 10.1. The van der Waals surface area contributed by atoms with E-state index in [0.29, 0.717) is 19.5 Å². The first-order valence-corrected chi connectivity index (χ1v) is 9.29. The number of benzene rings is 2. The fourth-order valence-electron chi connectivity index (χ4n) is 3.18. The summed E-state index contributed by atoms with van der Waals surface area (Å²) in [7, 11) is 0. The quantitative estimate of drug-likeness (QED) is 0.719. The maximum Gasteiger partial charge on any atom is 0.224 e. The van der Waals surface area contributed by atoms with Gasteiger partial charge in [-0.2, -0.15) is 0 Å². The molecule has 26 heavy (non-hydrogen) atoms. The topological polar surface area (TPSA) is 58.2 Å². The molecule has 136 valence electrons. The normalized spacial score (nSPS) is 18.2. The van der Waals surface area contributed by atoms with Gasteiger partial charge in [0.1, 0.15) is 0 Å². The van der Waals surface area contributed by atoms with Gasteiger partial charge in [-0.3, -0.25) is 9.59 Å². The zero-order valence-electron chi connectivity index (χ0n) is 15.2. The molecule has 0 spiro atoms. The molecule has 4 heteroatoms. The predicted molar refractivity (Wildman–Crippen MR) is 102 cm³/mol. The molecular formula is C22H26N2O2. The van der Waals surface area contributed by atoms with Crippen LogP contribution in [0.5, 0.6) is 0 Å². The van der Waals surface area contributed by atoms with Gasteiger partial charge in [0, 0.05) is 13.1 Å². The van der Waals surface area contributed by atoms with Crippen LogP contribution in [-0.4, -0.2) is 18.4 Å². The van der Waals surface area contributed by atoms with Crippen molar-refractivity contribution in [1.29, 1.82) is 0 Å². The maximum absolute atomic E-state index is 12.2. The number of hydrogen-bond donors (Lipinski definition) is 2. The van der Waals surface area contributed by atoms with Crippen molar-refractivity contribution >= 4 is 11.8 Å². The number of nitrogens with one attached hydrogen (secondary N) is 2. The van der Waals surface area contributed by atoms with Gasteiger partial charge in [-0.25, -0.2) is 0 Å². The van der Waals surface area contributed by atoms with Crippen molar-refractivity contribution in [2.24, 2.45) is 11.8 Å². The highest BCUT2D eigenvalue weighted by molar-refractivity contribution is 5.92. The Morgan fingerprint density at radius 3 is 2.31 bits per heavy atom. The third-order valence-electron chi connectivity index (χ3n) is 4.96. The molecule has 1 fully saturated rings. The van der Waals surface area contributed by atoms with Crippen molar-refractivity contribution in [2.45, 2.75) is 32.7 Å². The minimum absolute atomic E-state index is 0.00843. The van der Waals surface area contributed by atoms with Crippen LogP contribution in [0.3, 0.4) is 0 Å². The van der Waals surface area contributed by atoms with E-state index in [2.05, 4.69) is 22.8 Å². The van der Waals surface area contributed by atoms with Crippen LogP contribution in [0.4, 0.5) is 0 Å². The molecule has 1 aliphatic carbocycles. The molecule has 0 bridgehead atoms. The van der Waals surface area contributed by atoms with Crippen LogP contribution in [-0.2, 0) is 22.6 Å². The molecule has 0 aliphatic heterocycles. The smallest absolute Gasteiger partial charge is 0.224 e. The Balaban J connectivity index is 1.34. The average Bonchev–Trinajstić information content (AvgIpc) is 3.46. The molecule has 2 atom stereocenters. The molecule has 2 unspecified atom stereocenters. The first kappa shape index (κ1) is 18.2. The standard InChI is InChI=1S/C22H26N2O2/c1-16-8-5-6-12-18(16)15-24-22(26)20-14-19(20)21(25)23-13-7-11-17-9-3-2-4-10-17/h2-6,8-10,12,19-20H,7,11,13-15H2,1H3,(H,23,25)(H,24,26). The van der Waals surface area contributed by atoms with E-state index in [1.54, 1.807) is 0 Å². The SMILES string of the molecule is Cc1ccccc1CNC(=O)C1CC1C(=O)NCCCc1ccccc1. The van der Waals surface area contributed by atoms with Crippen LogP contribution in [0.2, 0.25) is 0 Å². The zero-order valence-corrected chi connectivity index (χ0v) is 15.2. The molecule has 3 rings (SSSR count). The van der Waals surface area contributed by atoms with Gasteiger partial charge < -0.3 is 10.6 Å². The third kappa shape index (κ3) is 4.94. The number of carbonyl (C=O) groups excluding carboxylic acids is 2. The predicted octanol–water partition coefficient (Wildman–Crippen LogP) is 3.00. The molecule has 2 aromatic carbocycles. The number of aryl methyl sites for hydroxylation is 2. The number of carbonyl (C=O) groups is 2. The van der Waals surface area contributed by atoms with Gasteiger partial charge in [0.05, 0.1) is 11.8 Å². The van der Waals surface area contributed by atoms with E-state index in [9.17, 15) is 9.59 Å². The highest BCUT2D eigenvalue weighted by Crippen LogP contribution is 2.38. The van der Waals surface area contributed by atoms with Gasteiger partial charge in [-0.1, -0.05) is 54.6 Å². The second kappa shape index (κ2) is 8.65. The van der Waals surface area contributed by atoms with Crippen molar-refractivity contribution in [3.8, 4) is 0 Å². The molecule has 4 nitrogen and oxygen atoms in total. The second-order valence-corrected chi connectivity index (χ2v) is 6.97. The lowest BCUT2D eigenvalue weighted by molar-refractivity contribution is -0.127. The van der Waals surface area contributed by atoms with Gasteiger partial charge in [0.25, 0.3) is 0 Å². The summed E-state index contributed by atoms with van der Waals surface area (Å²) >= 11 is 0. The highest BCUT2D eigenvalue weighted by atomic mass is 16.2. The van der Waals surface area contributed by atoms with E-state index in [1.807, 2.05) is 49.4 Å². The summed E-state index contributed by atoms with van der Waals surface area (Å²) in [6.45, 7) is 3.21. The van der Waals surface area contributed by atoms with Crippen molar-refractivity contribution in [3.63, 3.8) is 0 Å². The van der Waals surface area contributed by atoms with Crippen LogP contribution < -0.4 is 10.6 Å². The van der Waals surface area contributed by atoms with E-state index in [-0.39, 0.29) is 23.7 Å². The third-order valence-corrected chi connectivity index (χ3v) is 4.96. The van der Waals surface area contributed by atoms with Crippen LogP contribution in [0.1, 0.15) is 29.5 Å². The Bertz CT molecular complexity index is 758. The Morgan fingerprint density at radius 2 is 1.58 bits per heavy atom. The summed E-state index contributed by atoms with van der Waals surface area (Å²) in [4.78, 5) is 24.4. The van der Waals surface area contributed by atoms with Gasteiger partial charge >= 0.3 is 0 Å². The van der Waals surface area contributed by atoms with Gasteiger partial charge in [-0.15, -0.1) is 0 Å². The molecule has 0 saturated heterocycles. The Hall–Kier alpha value is -2.62. The largest absolute Gasteiger partial charge is 0.356 e. The maximum atomic E-state index is 12.2. The number of rotatable bonds is 8. The Labute approximate surface area is 155 Å². The first-order chi connectivity index (χ1) is 12.6. The molecule has 1 aliphatic rings. The van der Waals surface area contributed by atoms with Crippen LogP contribution >= 0.6 is 0 Å². The first-order valence-electron chi connectivity index (χ1n) is 9.29. The van der Waals surface area contributed by atoms with E-state index in [1.165, 1.54) is 5.56 Å². The van der Waals surface area contributed by atoms with Gasteiger partial charge in [0.15, 0.2) is 0 Å². The molecule has 0 heterocycles. The van der Waals surface area contributed by atoms with Crippen LogP contribution in [0.15, 0.2) is 54.6 Å². The van der Waals surface area contributed by atoms with Crippen LogP contribution in [0.25, 0.3) is 0 Å². The lowest BCUT2D eigenvalue weighted by Crippen LogP contribution is -2.30. The minimum atomic E-state index is -0.173. The van der Waals surface area contributed by atoms with E-state index < -0.39 is 0 Å². The van der Waals surface area contributed by atoms with Crippen molar-refractivity contribution in [2.75, 3.05) is 6.54 Å². The van der Waals surface area contributed by atoms with Crippen molar-refractivity contribution in [3.05, 3.63) is 71.3 Å². The summed E-state index contributed by atoms with van der Waals surface area (Å²) < 4.78 is 0. The molecule has 0 radical (unpaired) electrons. The monoisotopic (exact) mass is 350 g/mol. The fourth-order valence-corrected chi connectivity index (χ4v) is 3.18. The molecule has 0 aromatic heterocycles. The van der Waals surface area contributed by atoms with E-state index in [4.69, 9.17) is 0 Å². The summed E-state index contributed by atoms with van der Waals surface area (Å²) in [6.07, 6.45) is 2.52. The van der Waals surface area contributed by atoms with E-state index >= 15 is 0 Å². The van der Waals surface area contributed by atoms with Gasteiger partial charge in [0.2, 0.25) is 11.8 Å². The molecule has 2 aromatic rings. The number of hydrogen-bond acceptors (Lipinski definition) is 2. The summed E-state index contributed by atoms with van der Waals surface area (Å²) in [5, 5.41) is 5.92. The van der Waals surface area contributed by atoms with Crippen molar-refractivity contribution in [1.82, 2.24) is 10.6 Å². The minimum Gasteiger partial charge on any atom is -0.356 e. The van der Waals surface area contributed by atoms with Crippen molar-refractivity contribution < 1.29 is 9.59 Å². The number of amides is 2. The molecule has 2 amide bonds.